The molecule has 1 N–H and O–H groups in total. The molecule has 2 aromatic carbocycles. The second-order valence-electron chi connectivity index (χ2n) is 8.78. The van der Waals surface area contributed by atoms with E-state index in [1.807, 2.05) is 47.8 Å². The first-order valence-electron chi connectivity index (χ1n) is 12.0. The first-order valence-corrected chi connectivity index (χ1v) is 12.0. The summed E-state index contributed by atoms with van der Waals surface area (Å²) in [6.45, 7) is 2.67. The number of nitrogens with zero attached hydrogens (tertiary/aromatic N) is 3. The Kier molecular flexibility index (Phi) is 8.39. The molecule has 33 heavy (non-hydrogen) atoms. The zero-order chi connectivity index (χ0) is 22.7. The van der Waals surface area contributed by atoms with Crippen LogP contribution in [0, 0.1) is 0 Å². The van der Waals surface area contributed by atoms with Gasteiger partial charge in [0.1, 0.15) is 12.4 Å². The van der Waals surface area contributed by atoms with Crippen molar-refractivity contribution in [3.05, 3.63) is 84.4 Å². The van der Waals surface area contributed by atoms with E-state index in [1.165, 1.54) is 19.3 Å². The molecule has 6 nitrogen and oxygen atoms in total. The van der Waals surface area contributed by atoms with Gasteiger partial charge in [0.2, 0.25) is 0 Å². The third kappa shape index (κ3) is 7.38. The first kappa shape index (κ1) is 22.9. The highest BCUT2D eigenvalue weighted by Gasteiger charge is 2.20. The van der Waals surface area contributed by atoms with E-state index in [1.54, 1.807) is 6.20 Å². The van der Waals surface area contributed by atoms with Crippen LogP contribution >= 0.6 is 0 Å². The minimum atomic E-state index is 0.0388. The smallest absolute Gasteiger partial charge is 0.317 e. The van der Waals surface area contributed by atoms with Gasteiger partial charge in [0, 0.05) is 38.1 Å². The standard InChI is InChI=1S/C27H34N4O2/c32-27(29-25-10-5-2-6-11-25)31(18-7-17-30-19-16-28-22-30)20-23-12-14-26(15-13-23)33-21-24-8-3-1-4-9-24/h1,3-4,8-9,12-16,19,22,25H,2,5-7,10-11,17-18,20-21H2,(H,29,32). The minimum absolute atomic E-state index is 0.0388. The van der Waals surface area contributed by atoms with Crippen LogP contribution < -0.4 is 10.1 Å². The van der Waals surface area contributed by atoms with Crippen LogP contribution in [0.1, 0.15) is 49.7 Å². The third-order valence-corrected chi connectivity index (χ3v) is 6.17. The number of aryl methyl sites for hydroxylation is 1. The lowest BCUT2D eigenvalue weighted by molar-refractivity contribution is 0.185. The van der Waals surface area contributed by atoms with E-state index in [9.17, 15) is 4.79 Å². The van der Waals surface area contributed by atoms with Gasteiger partial charge in [-0.05, 0) is 42.5 Å². The lowest BCUT2D eigenvalue weighted by atomic mass is 9.96. The summed E-state index contributed by atoms with van der Waals surface area (Å²) >= 11 is 0. The van der Waals surface area contributed by atoms with Crippen LogP contribution in [0.25, 0.3) is 0 Å². The number of amides is 2. The van der Waals surface area contributed by atoms with Crippen LogP contribution in [-0.4, -0.2) is 33.1 Å². The Labute approximate surface area is 196 Å². The van der Waals surface area contributed by atoms with Crippen molar-refractivity contribution in [3.63, 3.8) is 0 Å². The van der Waals surface area contributed by atoms with E-state index < -0.39 is 0 Å². The van der Waals surface area contributed by atoms with Gasteiger partial charge in [0.25, 0.3) is 0 Å². The van der Waals surface area contributed by atoms with Crippen LogP contribution in [0.15, 0.2) is 73.3 Å². The largest absolute Gasteiger partial charge is 0.489 e. The fourth-order valence-corrected chi connectivity index (χ4v) is 4.28. The Morgan fingerprint density at radius 1 is 1.03 bits per heavy atom. The van der Waals surface area contributed by atoms with Crippen molar-refractivity contribution in [1.82, 2.24) is 19.8 Å². The van der Waals surface area contributed by atoms with Gasteiger partial charge in [-0.25, -0.2) is 9.78 Å². The molecule has 0 radical (unpaired) electrons. The summed E-state index contributed by atoms with van der Waals surface area (Å²) in [6.07, 6.45) is 12.3. The lowest BCUT2D eigenvalue weighted by Gasteiger charge is -2.28. The minimum Gasteiger partial charge on any atom is -0.489 e. The van der Waals surface area contributed by atoms with Gasteiger partial charge in [-0.15, -0.1) is 0 Å². The second kappa shape index (κ2) is 12.1. The molecule has 1 heterocycles. The molecular weight excluding hydrogens is 412 g/mol. The number of nitrogens with one attached hydrogen (secondary N) is 1. The van der Waals surface area contributed by atoms with Gasteiger partial charge in [-0.2, -0.15) is 0 Å². The fourth-order valence-electron chi connectivity index (χ4n) is 4.28. The van der Waals surface area contributed by atoms with Crippen molar-refractivity contribution in [2.75, 3.05) is 6.54 Å². The topological polar surface area (TPSA) is 59.4 Å². The quantitative estimate of drug-likeness (QED) is 0.454. The highest BCUT2D eigenvalue weighted by atomic mass is 16.5. The molecule has 1 aliphatic carbocycles. The Morgan fingerprint density at radius 3 is 2.55 bits per heavy atom. The van der Waals surface area contributed by atoms with Crippen molar-refractivity contribution < 1.29 is 9.53 Å². The van der Waals surface area contributed by atoms with Crippen LogP contribution in [0.2, 0.25) is 0 Å². The summed E-state index contributed by atoms with van der Waals surface area (Å²) in [7, 11) is 0. The summed E-state index contributed by atoms with van der Waals surface area (Å²) in [6, 6.07) is 18.6. The van der Waals surface area contributed by atoms with Crippen molar-refractivity contribution in [2.24, 2.45) is 0 Å². The summed E-state index contributed by atoms with van der Waals surface area (Å²) < 4.78 is 7.96. The van der Waals surface area contributed by atoms with E-state index in [2.05, 4.69) is 39.1 Å². The summed E-state index contributed by atoms with van der Waals surface area (Å²) in [4.78, 5) is 19.1. The molecule has 0 unspecified atom stereocenters. The Hall–Kier alpha value is -3.28. The molecule has 1 aromatic heterocycles. The Morgan fingerprint density at radius 2 is 1.82 bits per heavy atom. The normalized spacial score (nSPS) is 14.1. The number of ether oxygens (including phenoxy) is 1. The molecule has 1 saturated carbocycles. The lowest BCUT2D eigenvalue weighted by Crippen LogP contribution is -2.45. The first-order chi connectivity index (χ1) is 16.3. The molecule has 0 spiro atoms. The van der Waals surface area contributed by atoms with E-state index in [4.69, 9.17) is 4.74 Å². The number of carbonyl (C=O) groups excluding carboxylic acids is 1. The van der Waals surface area contributed by atoms with E-state index in [0.717, 1.165) is 42.7 Å². The van der Waals surface area contributed by atoms with Crippen molar-refractivity contribution in [1.29, 1.82) is 0 Å². The van der Waals surface area contributed by atoms with Crippen molar-refractivity contribution >= 4 is 6.03 Å². The van der Waals surface area contributed by atoms with E-state index in [0.29, 0.717) is 25.7 Å². The molecular formula is C27H34N4O2. The summed E-state index contributed by atoms with van der Waals surface area (Å²) in [5.41, 5.74) is 2.24. The number of benzene rings is 2. The molecule has 174 valence electrons. The maximum Gasteiger partial charge on any atom is 0.317 e. The molecule has 0 bridgehead atoms. The number of carbonyl (C=O) groups is 1. The van der Waals surface area contributed by atoms with Gasteiger partial charge in [-0.3, -0.25) is 0 Å². The van der Waals surface area contributed by atoms with Crippen LogP contribution in [0.4, 0.5) is 4.79 Å². The van der Waals surface area contributed by atoms with Crippen molar-refractivity contribution in [2.45, 2.75) is 64.3 Å². The Balaban J connectivity index is 1.33. The molecule has 1 aliphatic rings. The number of rotatable bonds is 10. The predicted octanol–water partition coefficient (Wildman–Crippen LogP) is 5.40. The van der Waals surface area contributed by atoms with Gasteiger partial charge in [0.15, 0.2) is 0 Å². The zero-order valence-electron chi connectivity index (χ0n) is 19.2. The number of hydrogen-bond acceptors (Lipinski definition) is 3. The van der Waals surface area contributed by atoms with Crippen molar-refractivity contribution in [3.8, 4) is 5.75 Å². The number of aromatic nitrogens is 2. The highest BCUT2D eigenvalue weighted by Crippen LogP contribution is 2.19. The molecule has 0 aliphatic heterocycles. The third-order valence-electron chi connectivity index (χ3n) is 6.17. The fraction of sp³-hybridized carbons (Fsp3) is 0.407. The summed E-state index contributed by atoms with van der Waals surface area (Å²) in [5, 5.41) is 3.28. The summed E-state index contributed by atoms with van der Waals surface area (Å²) in [5.74, 6) is 0.834. The highest BCUT2D eigenvalue weighted by molar-refractivity contribution is 5.74. The molecule has 4 rings (SSSR count). The SMILES string of the molecule is O=C(NC1CCCCC1)N(CCCn1ccnc1)Cc1ccc(OCc2ccccc2)cc1. The monoisotopic (exact) mass is 446 g/mol. The molecule has 1 fully saturated rings. The number of hydrogen-bond donors (Lipinski definition) is 1. The molecule has 2 amide bonds. The van der Waals surface area contributed by atoms with Gasteiger partial charge in [-0.1, -0.05) is 61.7 Å². The average molecular weight is 447 g/mol. The number of urea groups is 1. The van der Waals surface area contributed by atoms with E-state index >= 15 is 0 Å². The maximum absolute atomic E-state index is 13.1. The maximum atomic E-state index is 13.1. The molecule has 0 saturated heterocycles. The predicted molar refractivity (Wildman–Crippen MR) is 130 cm³/mol. The van der Waals surface area contributed by atoms with Crippen LogP contribution in [0.5, 0.6) is 5.75 Å². The van der Waals surface area contributed by atoms with Gasteiger partial charge < -0.3 is 19.5 Å². The van der Waals surface area contributed by atoms with Gasteiger partial charge >= 0.3 is 6.03 Å². The molecule has 3 aromatic rings. The van der Waals surface area contributed by atoms with Crippen LogP contribution in [-0.2, 0) is 19.7 Å². The zero-order valence-corrected chi connectivity index (χ0v) is 19.2. The molecule has 0 atom stereocenters. The second-order valence-corrected chi connectivity index (χ2v) is 8.78. The van der Waals surface area contributed by atoms with Crippen LogP contribution in [0.3, 0.4) is 0 Å². The van der Waals surface area contributed by atoms with E-state index in [-0.39, 0.29) is 6.03 Å². The van der Waals surface area contributed by atoms with Gasteiger partial charge in [0.05, 0.1) is 6.33 Å². The molecule has 6 heteroatoms. The number of imidazole rings is 1. The average Bonchev–Trinajstić information content (AvgIpc) is 3.38. The Bertz CT molecular complexity index is 952.